The van der Waals surface area contributed by atoms with Gasteiger partial charge in [-0.3, -0.25) is 0 Å². The van der Waals surface area contributed by atoms with Gasteiger partial charge >= 0.3 is 0 Å². The summed E-state index contributed by atoms with van der Waals surface area (Å²) in [6.45, 7) is 3.88. The molecule has 0 aromatic carbocycles. The molecule has 1 fully saturated rings. The Labute approximate surface area is 74.3 Å². The molecule has 68 valence electrons. The molecule has 2 nitrogen and oxygen atoms in total. The van der Waals surface area contributed by atoms with Gasteiger partial charge in [-0.05, 0) is 19.3 Å². The number of hydrogen-bond acceptors (Lipinski definition) is 2. The highest BCUT2D eigenvalue weighted by Gasteiger charge is 2.38. The van der Waals surface area contributed by atoms with Crippen molar-refractivity contribution in [2.45, 2.75) is 20.3 Å². The van der Waals surface area contributed by atoms with E-state index in [1.165, 1.54) is 0 Å². The summed E-state index contributed by atoms with van der Waals surface area (Å²) in [5, 5.41) is 0. The predicted octanol–water partition coefficient (Wildman–Crippen LogP) is 1.08. The van der Waals surface area contributed by atoms with Gasteiger partial charge in [0.05, 0.1) is 11.5 Å². The molecule has 1 aliphatic rings. The van der Waals surface area contributed by atoms with Crippen molar-refractivity contribution in [1.82, 2.24) is 0 Å². The lowest BCUT2D eigenvalue weighted by Crippen LogP contribution is -2.39. The van der Waals surface area contributed by atoms with Gasteiger partial charge in [-0.15, -0.1) is 6.42 Å². The van der Waals surface area contributed by atoms with E-state index in [2.05, 4.69) is 5.92 Å². The van der Waals surface area contributed by atoms with E-state index in [4.69, 9.17) is 6.42 Å². The Kier molecular flexibility index (Phi) is 2.22. The third-order valence-corrected chi connectivity index (χ3v) is 4.70. The minimum Gasteiger partial charge on any atom is -0.229 e. The van der Waals surface area contributed by atoms with Crippen molar-refractivity contribution in [3.63, 3.8) is 0 Å². The van der Waals surface area contributed by atoms with Crippen LogP contribution in [0.3, 0.4) is 0 Å². The van der Waals surface area contributed by atoms with Crippen LogP contribution in [0.25, 0.3) is 0 Å². The molecule has 0 spiro atoms. The smallest absolute Gasteiger partial charge is 0.151 e. The number of terminal acetylenes is 1. The van der Waals surface area contributed by atoms with E-state index >= 15 is 0 Å². The predicted molar refractivity (Wildman–Crippen MR) is 49.4 cm³/mol. The van der Waals surface area contributed by atoms with E-state index < -0.39 is 15.3 Å². The fourth-order valence-corrected chi connectivity index (χ4v) is 3.67. The molecule has 2 atom stereocenters. The summed E-state index contributed by atoms with van der Waals surface area (Å²) in [4.78, 5) is 0. The van der Waals surface area contributed by atoms with Crippen LogP contribution in [-0.4, -0.2) is 19.9 Å². The maximum atomic E-state index is 11.3. The highest BCUT2D eigenvalue weighted by molar-refractivity contribution is 7.91. The van der Waals surface area contributed by atoms with Crippen molar-refractivity contribution in [1.29, 1.82) is 0 Å². The molecule has 0 aromatic heterocycles. The molecule has 1 saturated heterocycles. The molecule has 1 heterocycles. The van der Waals surface area contributed by atoms with E-state index in [1.807, 2.05) is 13.8 Å². The molecule has 0 saturated carbocycles. The zero-order valence-electron chi connectivity index (χ0n) is 7.50. The molecule has 12 heavy (non-hydrogen) atoms. The van der Waals surface area contributed by atoms with Gasteiger partial charge in [0.25, 0.3) is 0 Å². The summed E-state index contributed by atoms with van der Waals surface area (Å²) in [6, 6.07) is 0. The minimum atomic E-state index is -2.88. The second-order valence-corrected chi connectivity index (χ2v) is 6.03. The highest BCUT2D eigenvalue weighted by Crippen LogP contribution is 2.35. The molecule has 2 unspecified atom stereocenters. The van der Waals surface area contributed by atoms with Crippen molar-refractivity contribution >= 4 is 9.84 Å². The molecule has 0 aliphatic carbocycles. The van der Waals surface area contributed by atoms with Crippen LogP contribution in [0.2, 0.25) is 0 Å². The summed E-state index contributed by atoms with van der Waals surface area (Å²) in [7, 11) is -2.88. The number of sulfone groups is 1. The average molecular weight is 186 g/mol. The first-order valence-corrected chi connectivity index (χ1v) is 5.90. The van der Waals surface area contributed by atoms with Crippen molar-refractivity contribution < 1.29 is 8.42 Å². The van der Waals surface area contributed by atoms with Gasteiger partial charge in [-0.25, -0.2) is 8.42 Å². The first kappa shape index (κ1) is 9.60. The Bertz CT molecular complexity index is 310. The molecule has 0 bridgehead atoms. The van der Waals surface area contributed by atoms with Crippen LogP contribution in [0.5, 0.6) is 0 Å². The minimum absolute atomic E-state index is 0.150. The van der Waals surface area contributed by atoms with Crippen LogP contribution < -0.4 is 0 Å². The maximum absolute atomic E-state index is 11.3. The Morgan fingerprint density at radius 2 is 2.17 bits per heavy atom. The van der Waals surface area contributed by atoms with Crippen LogP contribution in [0.1, 0.15) is 20.3 Å². The lowest BCUT2D eigenvalue weighted by atomic mass is 9.79. The van der Waals surface area contributed by atoms with Crippen LogP contribution in [-0.2, 0) is 9.84 Å². The van der Waals surface area contributed by atoms with Gasteiger partial charge in [-0.2, -0.15) is 0 Å². The van der Waals surface area contributed by atoms with Crippen LogP contribution in [0.4, 0.5) is 0 Å². The molecule has 0 N–H and O–H groups in total. The normalized spacial score (nSPS) is 40.2. The number of hydrogen-bond donors (Lipinski definition) is 0. The molecule has 0 radical (unpaired) electrons. The molecular formula is C9H14O2S. The van der Waals surface area contributed by atoms with E-state index in [0.29, 0.717) is 18.1 Å². The van der Waals surface area contributed by atoms with Gasteiger partial charge in [0.2, 0.25) is 0 Å². The van der Waals surface area contributed by atoms with E-state index in [-0.39, 0.29) is 5.75 Å². The monoisotopic (exact) mass is 186 g/mol. The SMILES string of the molecule is C#CC1(C)CS(=O)(=O)CCC1C. The molecule has 1 rings (SSSR count). The topological polar surface area (TPSA) is 34.1 Å². The molecule has 1 aliphatic heterocycles. The van der Waals surface area contributed by atoms with Gasteiger partial charge in [-0.1, -0.05) is 12.8 Å². The Balaban J connectivity index is 2.96. The summed E-state index contributed by atoms with van der Waals surface area (Å²) in [6.07, 6.45) is 6.03. The summed E-state index contributed by atoms with van der Waals surface area (Å²) < 4.78 is 22.6. The third-order valence-electron chi connectivity index (χ3n) is 2.80. The molecular weight excluding hydrogens is 172 g/mol. The fourth-order valence-electron chi connectivity index (χ4n) is 1.53. The second-order valence-electron chi connectivity index (χ2n) is 3.84. The summed E-state index contributed by atoms with van der Waals surface area (Å²) >= 11 is 0. The second kappa shape index (κ2) is 2.77. The lowest BCUT2D eigenvalue weighted by molar-refractivity contribution is 0.302. The summed E-state index contributed by atoms with van der Waals surface area (Å²) in [5.74, 6) is 3.37. The quantitative estimate of drug-likeness (QED) is 0.530. The lowest BCUT2D eigenvalue weighted by Gasteiger charge is -2.34. The van der Waals surface area contributed by atoms with Crippen molar-refractivity contribution in [3.8, 4) is 12.3 Å². The third kappa shape index (κ3) is 1.64. The van der Waals surface area contributed by atoms with Gasteiger partial charge < -0.3 is 0 Å². The van der Waals surface area contributed by atoms with E-state index in [9.17, 15) is 8.42 Å². The van der Waals surface area contributed by atoms with Crippen LogP contribution in [0, 0.1) is 23.7 Å². The molecule has 0 amide bonds. The van der Waals surface area contributed by atoms with Gasteiger partial charge in [0.1, 0.15) is 0 Å². The Morgan fingerprint density at radius 3 is 2.58 bits per heavy atom. The summed E-state index contributed by atoms with van der Waals surface area (Å²) in [5.41, 5.74) is -0.447. The first-order valence-electron chi connectivity index (χ1n) is 4.08. The van der Waals surface area contributed by atoms with E-state index in [1.54, 1.807) is 0 Å². The highest BCUT2D eigenvalue weighted by atomic mass is 32.2. The zero-order chi connectivity index (χ0) is 9.41. The first-order chi connectivity index (χ1) is 5.40. The molecule has 0 aromatic rings. The van der Waals surface area contributed by atoms with Gasteiger partial charge in [0.15, 0.2) is 9.84 Å². The van der Waals surface area contributed by atoms with Crippen molar-refractivity contribution in [2.75, 3.05) is 11.5 Å². The van der Waals surface area contributed by atoms with E-state index in [0.717, 1.165) is 0 Å². The van der Waals surface area contributed by atoms with Crippen LogP contribution in [0.15, 0.2) is 0 Å². The van der Waals surface area contributed by atoms with Crippen molar-refractivity contribution in [2.24, 2.45) is 11.3 Å². The maximum Gasteiger partial charge on any atom is 0.151 e. The average Bonchev–Trinajstić information content (AvgIpc) is 1.97. The molecule has 3 heteroatoms. The zero-order valence-corrected chi connectivity index (χ0v) is 8.32. The largest absolute Gasteiger partial charge is 0.229 e. The van der Waals surface area contributed by atoms with Crippen LogP contribution >= 0.6 is 0 Å². The standard InChI is InChI=1S/C9H14O2S/c1-4-9(3)7-12(10,11)6-5-8(9)2/h1,8H,5-7H2,2-3H3. The fraction of sp³-hybridized carbons (Fsp3) is 0.778. The van der Waals surface area contributed by atoms with Gasteiger partial charge in [0, 0.05) is 5.41 Å². The Hall–Kier alpha value is -0.490. The number of rotatable bonds is 0. The van der Waals surface area contributed by atoms with Crippen molar-refractivity contribution in [3.05, 3.63) is 0 Å². The Morgan fingerprint density at radius 1 is 1.58 bits per heavy atom.